The fourth-order valence-electron chi connectivity index (χ4n) is 5.17. The molecule has 2 unspecified atom stereocenters. The second kappa shape index (κ2) is 7.92. The number of hydrogen-bond donors (Lipinski definition) is 3. The highest BCUT2D eigenvalue weighted by Gasteiger charge is 2.49. The molecule has 0 saturated heterocycles. The lowest BCUT2D eigenvalue weighted by Crippen LogP contribution is -2.35. The second-order valence-corrected chi connectivity index (χ2v) is 11.5. The number of amides is 2. The van der Waals surface area contributed by atoms with E-state index in [1.165, 1.54) is 6.07 Å². The molecule has 2 aliphatic carbocycles. The molecule has 3 N–H and O–H groups in total. The highest BCUT2D eigenvalue weighted by molar-refractivity contribution is 7.89. The van der Waals surface area contributed by atoms with Crippen LogP contribution < -0.4 is 10.0 Å². The van der Waals surface area contributed by atoms with E-state index >= 15 is 0 Å². The number of para-hydroxylation sites is 1. The molecule has 1 saturated carbocycles. The normalized spacial score (nSPS) is 24.6. The van der Waals surface area contributed by atoms with E-state index in [-0.39, 0.29) is 28.8 Å². The van der Waals surface area contributed by atoms with E-state index < -0.39 is 21.7 Å². The Morgan fingerprint density at radius 1 is 1.16 bits per heavy atom. The van der Waals surface area contributed by atoms with Gasteiger partial charge in [0.25, 0.3) is 10.0 Å². The Labute approximate surface area is 189 Å². The number of furan rings is 1. The third kappa shape index (κ3) is 3.83. The van der Waals surface area contributed by atoms with E-state index in [1.807, 2.05) is 45.9 Å². The average Bonchev–Trinajstić information content (AvgIpc) is 3.33. The Morgan fingerprint density at radius 2 is 1.78 bits per heavy atom. The Balaban J connectivity index is 1.60. The minimum atomic E-state index is -4.25. The van der Waals surface area contributed by atoms with Crippen LogP contribution in [0, 0.1) is 5.92 Å². The lowest BCUT2D eigenvalue weighted by atomic mass is 9.76. The quantitative estimate of drug-likeness (QED) is 0.572. The number of benzene rings is 1. The molecule has 4 rings (SSSR count). The molecule has 1 fully saturated rings. The summed E-state index contributed by atoms with van der Waals surface area (Å²) in [5.41, 5.74) is 1.88. The van der Waals surface area contributed by atoms with Crippen molar-refractivity contribution < 1.29 is 22.7 Å². The Hall–Kier alpha value is -2.32. The number of hydrogen-bond acceptors (Lipinski definition) is 5. The first kappa shape index (κ1) is 22.9. The topological polar surface area (TPSA) is 109 Å². The lowest BCUT2D eigenvalue weighted by molar-refractivity contribution is -0.0115. The van der Waals surface area contributed by atoms with Gasteiger partial charge in [-0.2, -0.15) is 8.42 Å². The molecule has 8 heteroatoms. The van der Waals surface area contributed by atoms with E-state index in [0.717, 1.165) is 30.4 Å². The van der Waals surface area contributed by atoms with Gasteiger partial charge in [-0.3, -0.25) is 0 Å². The number of aliphatic hydroxyl groups is 1. The minimum Gasteiger partial charge on any atom is -0.447 e. The molecule has 1 heterocycles. The van der Waals surface area contributed by atoms with Crippen molar-refractivity contribution in [1.82, 2.24) is 4.72 Å². The van der Waals surface area contributed by atoms with Crippen molar-refractivity contribution in [2.45, 2.75) is 82.3 Å². The molecule has 3 atom stereocenters. The fraction of sp³-hybridized carbons (Fsp3) is 0.542. The number of rotatable bonds is 5. The third-order valence-electron chi connectivity index (χ3n) is 6.99. The highest BCUT2D eigenvalue weighted by Crippen LogP contribution is 2.55. The fourth-order valence-corrected chi connectivity index (χ4v) is 6.04. The van der Waals surface area contributed by atoms with E-state index in [0.29, 0.717) is 17.0 Å². The molecule has 2 amide bonds. The first-order chi connectivity index (χ1) is 14.9. The largest absolute Gasteiger partial charge is 0.447 e. The van der Waals surface area contributed by atoms with Gasteiger partial charge in [0.05, 0.1) is 5.60 Å². The van der Waals surface area contributed by atoms with Crippen molar-refractivity contribution in [2.75, 3.05) is 5.32 Å². The van der Waals surface area contributed by atoms with Crippen LogP contribution in [0.3, 0.4) is 0 Å². The summed E-state index contributed by atoms with van der Waals surface area (Å²) in [7, 11) is -4.25. The summed E-state index contributed by atoms with van der Waals surface area (Å²) < 4.78 is 33.7. The Morgan fingerprint density at radius 3 is 2.38 bits per heavy atom. The minimum absolute atomic E-state index is 0.0893. The van der Waals surface area contributed by atoms with E-state index in [2.05, 4.69) is 10.0 Å². The number of anilines is 1. The van der Waals surface area contributed by atoms with Crippen LogP contribution >= 0.6 is 0 Å². The van der Waals surface area contributed by atoms with E-state index in [9.17, 15) is 18.3 Å². The molecule has 7 nitrogen and oxygen atoms in total. The van der Waals surface area contributed by atoms with Crippen LogP contribution in [-0.2, 0) is 15.6 Å². The smallest absolute Gasteiger partial charge is 0.333 e. The van der Waals surface area contributed by atoms with Gasteiger partial charge in [0.15, 0.2) is 0 Å². The van der Waals surface area contributed by atoms with Gasteiger partial charge >= 0.3 is 6.03 Å². The van der Waals surface area contributed by atoms with E-state index in [1.54, 1.807) is 6.92 Å². The summed E-state index contributed by atoms with van der Waals surface area (Å²) in [6, 6.07) is 6.33. The van der Waals surface area contributed by atoms with Crippen LogP contribution in [0.25, 0.3) is 0 Å². The van der Waals surface area contributed by atoms with Crippen LogP contribution in [0.5, 0.6) is 0 Å². The zero-order chi connectivity index (χ0) is 23.4. The maximum absolute atomic E-state index is 13.0. The van der Waals surface area contributed by atoms with Crippen molar-refractivity contribution in [3.05, 3.63) is 46.7 Å². The molecule has 0 aliphatic heterocycles. The zero-order valence-electron chi connectivity index (χ0n) is 19.2. The monoisotopic (exact) mass is 460 g/mol. The first-order valence-electron chi connectivity index (χ1n) is 11.2. The van der Waals surface area contributed by atoms with Gasteiger partial charge in [-0.05, 0) is 55.1 Å². The number of urea groups is 1. The van der Waals surface area contributed by atoms with Gasteiger partial charge in [0, 0.05) is 23.2 Å². The molecule has 174 valence electrons. The van der Waals surface area contributed by atoms with Gasteiger partial charge in [-0.25, -0.2) is 9.52 Å². The first-order valence-corrected chi connectivity index (χ1v) is 12.7. The highest BCUT2D eigenvalue weighted by atomic mass is 32.2. The molecule has 0 spiro atoms. The number of sulfonamides is 1. The van der Waals surface area contributed by atoms with Crippen LogP contribution in [0.15, 0.2) is 33.8 Å². The van der Waals surface area contributed by atoms with Crippen LogP contribution in [0.2, 0.25) is 0 Å². The number of fused-ring (bicyclic) bond motifs is 4. The number of nitrogens with one attached hydrogen (secondary N) is 2. The molecular formula is C24H32N2O5S. The molecule has 1 aromatic carbocycles. The summed E-state index contributed by atoms with van der Waals surface area (Å²) in [6.45, 7) is 9.79. The van der Waals surface area contributed by atoms with Crippen LogP contribution in [-0.4, -0.2) is 19.6 Å². The molecule has 2 aromatic rings. The van der Waals surface area contributed by atoms with Crippen molar-refractivity contribution in [3.8, 4) is 0 Å². The summed E-state index contributed by atoms with van der Waals surface area (Å²) >= 11 is 0. The average molecular weight is 461 g/mol. The molecule has 2 bridgehead atoms. The van der Waals surface area contributed by atoms with Crippen LogP contribution in [0.1, 0.15) is 94.1 Å². The molecule has 1 aromatic heterocycles. The molecule has 2 aliphatic rings. The molecule has 32 heavy (non-hydrogen) atoms. The summed E-state index contributed by atoms with van der Waals surface area (Å²) in [5.74, 6) is 1.02. The number of carbonyl (C=O) groups is 1. The summed E-state index contributed by atoms with van der Waals surface area (Å²) in [6.07, 6.45) is 2.53. The molecular weight excluding hydrogens is 428 g/mol. The van der Waals surface area contributed by atoms with Crippen molar-refractivity contribution in [2.24, 2.45) is 5.92 Å². The summed E-state index contributed by atoms with van der Waals surface area (Å²) in [5, 5.41) is 13.4. The van der Waals surface area contributed by atoms with E-state index in [4.69, 9.17) is 4.42 Å². The number of carbonyl (C=O) groups excluding carboxylic acids is 1. The zero-order valence-corrected chi connectivity index (χ0v) is 20.0. The molecule has 0 radical (unpaired) electrons. The standard InChI is InChI=1S/C24H32N2O5S/c1-13(2)17-7-6-8-18(14(3)4)21(17)25-23(27)26-32(29,30)20-12-19-22(31-20)15-9-10-16(11-15)24(19,5)28/h6-8,12-16,28H,9-11H2,1-5H3,(H2,25,26,27)/t15?,16-,24?/m1/s1. The second-order valence-electron chi connectivity index (χ2n) is 9.88. The van der Waals surface area contributed by atoms with Gasteiger partial charge in [-0.1, -0.05) is 45.9 Å². The van der Waals surface area contributed by atoms with Crippen molar-refractivity contribution >= 4 is 21.7 Å². The predicted molar refractivity (Wildman–Crippen MR) is 122 cm³/mol. The van der Waals surface area contributed by atoms with Gasteiger partial charge in [0.2, 0.25) is 5.09 Å². The van der Waals surface area contributed by atoms with Gasteiger partial charge < -0.3 is 14.8 Å². The SMILES string of the molecule is CC(C)c1cccc(C(C)C)c1NC(=O)NS(=O)(=O)c1cc2c(o1)C1CC[C@H](C1)C2(C)O. The Kier molecular flexibility index (Phi) is 5.66. The maximum Gasteiger partial charge on any atom is 0.333 e. The van der Waals surface area contributed by atoms with Crippen molar-refractivity contribution in [3.63, 3.8) is 0 Å². The van der Waals surface area contributed by atoms with Gasteiger partial charge in [0.1, 0.15) is 5.76 Å². The maximum atomic E-state index is 13.0. The summed E-state index contributed by atoms with van der Waals surface area (Å²) in [4.78, 5) is 12.8. The lowest BCUT2D eigenvalue weighted by Gasteiger charge is -2.33. The van der Waals surface area contributed by atoms with Crippen molar-refractivity contribution in [1.29, 1.82) is 0 Å². The Bertz CT molecular complexity index is 1120. The predicted octanol–water partition coefficient (Wildman–Crippen LogP) is 5.14. The van der Waals surface area contributed by atoms with Crippen LogP contribution in [0.4, 0.5) is 10.5 Å². The third-order valence-corrected chi connectivity index (χ3v) is 8.17. The van der Waals surface area contributed by atoms with Gasteiger partial charge in [-0.15, -0.1) is 0 Å².